The van der Waals surface area contributed by atoms with Crippen LogP contribution in [0.5, 0.6) is 0 Å². The molecule has 10 heavy (non-hydrogen) atoms. The molecule has 0 saturated heterocycles. The Morgan fingerprint density at radius 3 is 3.30 bits per heavy atom. The van der Waals surface area contributed by atoms with Crippen LogP contribution in [0.25, 0.3) is 0 Å². The van der Waals surface area contributed by atoms with Gasteiger partial charge in [-0.2, -0.15) is 5.26 Å². The SMILES string of the molecule is N#CSCSC1=NCCS1. The van der Waals surface area contributed by atoms with Crippen LogP contribution in [-0.2, 0) is 0 Å². The molecule has 1 aliphatic heterocycles. The van der Waals surface area contributed by atoms with Crippen molar-refractivity contribution in [3.63, 3.8) is 0 Å². The smallest absolute Gasteiger partial charge is 0.134 e. The van der Waals surface area contributed by atoms with Crippen molar-refractivity contribution in [2.24, 2.45) is 4.99 Å². The molecule has 0 aromatic rings. The molecule has 0 atom stereocenters. The van der Waals surface area contributed by atoms with E-state index in [-0.39, 0.29) is 0 Å². The van der Waals surface area contributed by atoms with Gasteiger partial charge < -0.3 is 0 Å². The van der Waals surface area contributed by atoms with Crippen molar-refractivity contribution in [2.75, 3.05) is 17.4 Å². The minimum Gasteiger partial charge on any atom is -0.271 e. The molecule has 0 saturated carbocycles. The van der Waals surface area contributed by atoms with E-state index in [1.54, 1.807) is 23.5 Å². The van der Waals surface area contributed by atoms with E-state index in [4.69, 9.17) is 5.26 Å². The van der Waals surface area contributed by atoms with Gasteiger partial charge in [0.05, 0.1) is 11.6 Å². The molecule has 5 heteroatoms. The Kier molecular flexibility index (Phi) is 4.10. The average Bonchev–Trinajstić information content (AvgIpc) is 2.41. The maximum atomic E-state index is 8.19. The third kappa shape index (κ3) is 2.86. The zero-order valence-electron chi connectivity index (χ0n) is 5.24. The van der Waals surface area contributed by atoms with Crippen molar-refractivity contribution in [1.82, 2.24) is 0 Å². The van der Waals surface area contributed by atoms with Crippen LogP contribution < -0.4 is 0 Å². The fourth-order valence-corrected chi connectivity index (χ4v) is 3.10. The van der Waals surface area contributed by atoms with Crippen LogP contribution in [0.3, 0.4) is 0 Å². The van der Waals surface area contributed by atoms with E-state index < -0.39 is 0 Å². The molecule has 0 amide bonds. The number of nitriles is 1. The van der Waals surface area contributed by atoms with Crippen LogP contribution in [0.15, 0.2) is 4.99 Å². The van der Waals surface area contributed by atoms with Gasteiger partial charge in [0, 0.05) is 5.75 Å². The fourth-order valence-electron chi connectivity index (χ4n) is 0.509. The summed E-state index contributed by atoms with van der Waals surface area (Å²) in [5, 5.41) is 11.0. The molecule has 2 nitrogen and oxygen atoms in total. The number of thiocyanates is 1. The number of rotatable bonds is 2. The second-order valence-corrected chi connectivity index (χ2v) is 4.93. The zero-order valence-corrected chi connectivity index (χ0v) is 7.69. The van der Waals surface area contributed by atoms with Crippen molar-refractivity contribution >= 4 is 39.7 Å². The molecule has 0 N–H and O–H groups in total. The summed E-state index contributed by atoms with van der Waals surface area (Å²) in [5.74, 6) is 1.11. The number of nitrogens with zero attached hydrogens (tertiary/aromatic N) is 2. The quantitative estimate of drug-likeness (QED) is 0.379. The van der Waals surface area contributed by atoms with E-state index in [0.717, 1.165) is 21.8 Å². The zero-order chi connectivity index (χ0) is 7.23. The summed E-state index contributed by atoms with van der Waals surface area (Å²) in [7, 11) is 0. The minimum absolute atomic E-state index is 0.808. The molecule has 0 radical (unpaired) electrons. The first kappa shape index (κ1) is 8.31. The Morgan fingerprint density at radius 1 is 1.80 bits per heavy atom. The minimum atomic E-state index is 0.808. The van der Waals surface area contributed by atoms with Crippen molar-refractivity contribution in [3.8, 4) is 5.40 Å². The Morgan fingerprint density at radius 2 is 2.70 bits per heavy atom. The summed E-state index contributed by atoms with van der Waals surface area (Å²) >= 11 is 4.71. The lowest BCUT2D eigenvalue weighted by atomic mass is 10.8. The second-order valence-electron chi connectivity index (χ2n) is 1.49. The van der Waals surface area contributed by atoms with E-state index in [1.165, 1.54) is 11.8 Å². The van der Waals surface area contributed by atoms with Gasteiger partial charge in [-0.15, -0.1) is 0 Å². The summed E-state index contributed by atoms with van der Waals surface area (Å²) in [6.07, 6.45) is 0. The first-order chi connectivity index (χ1) is 4.93. The lowest BCUT2D eigenvalue weighted by Crippen LogP contribution is -1.78. The van der Waals surface area contributed by atoms with Crippen LogP contribution in [0, 0.1) is 10.7 Å². The molecule has 0 bridgehead atoms. The highest BCUT2D eigenvalue weighted by molar-refractivity contribution is 8.42. The molecule has 1 rings (SSSR count). The average molecular weight is 190 g/mol. The van der Waals surface area contributed by atoms with Gasteiger partial charge in [0.25, 0.3) is 0 Å². The molecule has 0 aliphatic carbocycles. The first-order valence-electron chi connectivity index (χ1n) is 2.74. The van der Waals surface area contributed by atoms with Crippen molar-refractivity contribution in [2.45, 2.75) is 0 Å². The Bertz CT molecular complexity index is 172. The van der Waals surface area contributed by atoms with Crippen molar-refractivity contribution in [1.29, 1.82) is 5.26 Å². The van der Waals surface area contributed by atoms with Gasteiger partial charge in [-0.3, -0.25) is 4.99 Å². The molecule has 1 aliphatic rings. The summed E-state index contributed by atoms with van der Waals surface area (Å²) in [6.45, 7) is 0.949. The molecule has 0 spiro atoms. The Hall–Kier alpha value is 0.210. The second kappa shape index (κ2) is 4.94. The van der Waals surface area contributed by atoms with Crippen LogP contribution in [0.2, 0.25) is 0 Å². The van der Waals surface area contributed by atoms with E-state index in [0.29, 0.717) is 0 Å². The van der Waals surface area contributed by atoms with Crippen LogP contribution in [0.4, 0.5) is 0 Å². The molecule has 0 aromatic carbocycles. The first-order valence-corrected chi connectivity index (χ1v) is 5.70. The highest BCUT2D eigenvalue weighted by Crippen LogP contribution is 2.24. The molecular weight excluding hydrogens is 184 g/mol. The predicted octanol–water partition coefficient (Wildman–Crippen LogP) is 1.99. The molecule has 1 heterocycles. The van der Waals surface area contributed by atoms with E-state index in [1.807, 2.05) is 5.40 Å². The van der Waals surface area contributed by atoms with Gasteiger partial charge in [-0.05, 0) is 11.8 Å². The molecule has 0 fully saturated rings. The van der Waals surface area contributed by atoms with Crippen molar-refractivity contribution in [3.05, 3.63) is 0 Å². The van der Waals surface area contributed by atoms with Crippen LogP contribution in [0.1, 0.15) is 0 Å². The lowest BCUT2D eigenvalue weighted by molar-refractivity contribution is 1.18. The largest absolute Gasteiger partial charge is 0.271 e. The summed E-state index contributed by atoms with van der Waals surface area (Å²) < 4.78 is 1.14. The monoisotopic (exact) mass is 190 g/mol. The van der Waals surface area contributed by atoms with E-state index in [2.05, 4.69) is 4.99 Å². The molecule has 0 aromatic heterocycles. The normalized spacial score (nSPS) is 16.5. The maximum Gasteiger partial charge on any atom is 0.134 e. The highest BCUT2D eigenvalue weighted by atomic mass is 32.2. The van der Waals surface area contributed by atoms with Gasteiger partial charge in [-0.25, -0.2) is 0 Å². The summed E-state index contributed by atoms with van der Waals surface area (Å²) in [6, 6.07) is 0. The van der Waals surface area contributed by atoms with E-state index in [9.17, 15) is 0 Å². The third-order valence-electron chi connectivity index (χ3n) is 0.864. The van der Waals surface area contributed by atoms with Gasteiger partial charge >= 0.3 is 0 Å². The topological polar surface area (TPSA) is 36.1 Å². The third-order valence-corrected chi connectivity index (χ3v) is 3.78. The Balaban J connectivity index is 2.08. The van der Waals surface area contributed by atoms with Gasteiger partial charge in [0.2, 0.25) is 0 Å². The summed E-state index contributed by atoms with van der Waals surface area (Å²) in [4.78, 5) is 4.23. The molecule has 0 unspecified atom stereocenters. The number of hydrogen-bond acceptors (Lipinski definition) is 5. The fraction of sp³-hybridized carbons (Fsp3) is 0.600. The maximum absolute atomic E-state index is 8.19. The lowest BCUT2D eigenvalue weighted by Gasteiger charge is -1.92. The van der Waals surface area contributed by atoms with Crippen molar-refractivity contribution < 1.29 is 0 Å². The highest BCUT2D eigenvalue weighted by Gasteiger charge is 2.06. The van der Waals surface area contributed by atoms with E-state index >= 15 is 0 Å². The van der Waals surface area contributed by atoms with Gasteiger partial charge in [0.1, 0.15) is 9.78 Å². The Labute approximate surface area is 72.9 Å². The number of hydrogen-bond donors (Lipinski definition) is 0. The standard InChI is InChI=1S/C5H6N2S3/c6-3-8-4-10-5-7-1-2-9-5/h1-2,4H2. The summed E-state index contributed by atoms with van der Waals surface area (Å²) in [5.41, 5.74) is 0. The van der Waals surface area contributed by atoms with Crippen LogP contribution >= 0.6 is 35.3 Å². The van der Waals surface area contributed by atoms with Gasteiger partial charge in [-0.1, -0.05) is 23.5 Å². The molecule has 54 valence electrons. The number of aliphatic imine (C=N–C) groups is 1. The predicted molar refractivity (Wildman–Crippen MR) is 50.4 cm³/mol. The van der Waals surface area contributed by atoms with Gasteiger partial charge in [0.15, 0.2) is 0 Å². The number of thioether (sulfide) groups is 3. The molecular formula is C5H6N2S3. The van der Waals surface area contributed by atoms with Crippen LogP contribution in [-0.4, -0.2) is 21.8 Å².